The van der Waals surface area contributed by atoms with E-state index < -0.39 is 11.6 Å². The Morgan fingerprint density at radius 1 is 1.17 bits per heavy atom. The highest BCUT2D eigenvalue weighted by molar-refractivity contribution is 7.13. The molecule has 0 saturated heterocycles. The highest BCUT2D eigenvalue weighted by Gasteiger charge is 2.06. The largest absolute Gasteiger partial charge is 0.253 e. The molecule has 0 amide bonds. The molecule has 0 spiro atoms. The van der Waals surface area contributed by atoms with Crippen LogP contribution in [0.25, 0.3) is 11.1 Å². The summed E-state index contributed by atoms with van der Waals surface area (Å²) in [7, 11) is 0. The molecule has 1 heterocycles. The van der Waals surface area contributed by atoms with Crippen LogP contribution >= 0.6 is 11.3 Å². The number of anilines is 1. The molecule has 3 aromatic rings. The van der Waals surface area contributed by atoms with Gasteiger partial charge in [-0.15, -0.1) is 11.3 Å². The van der Waals surface area contributed by atoms with Gasteiger partial charge in [0.1, 0.15) is 11.6 Å². The van der Waals surface area contributed by atoms with E-state index in [1.807, 2.05) is 18.4 Å². The van der Waals surface area contributed by atoms with Gasteiger partial charge in [-0.2, -0.15) is 5.10 Å². The summed E-state index contributed by atoms with van der Waals surface area (Å²) >= 11 is 1.47. The standard InChI is InChI=1S/C17H13F2N3S/c1-11-10-23-17(21-11)22-20-9-12-3-2-4-13(7-12)15-6-5-14(18)8-16(15)19/h2-10H,1H3,(H,21,22). The van der Waals surface area contributed by atoms with Crippen LogP contribution < -0.4 is 5.43 Å². The number of aromatic nitrogens is 1. The van der Waals surface area contributed by atoms with E-state index >= 15 is 0 Å². The minimum atomic E-state index is -0.591. The molecule has 2 aromatic carbocycles. The SMILES string of the molecule is Cc1csc(NN=Cc2cccc(-c3ccc(F)cc3F)c2)n1. The number of benzene rings is 2. The van der Waals surface area contributed by atoms with E-state index in [4.69, 9.17) is 0 Å². The Labute approximate surface area is 136 Å². The summed E-state index contributed by atoms with van der Waals surface area (Å²) in [5.74, 6) is -1.18. The highest BCUT2D eigenvalue weighted by Crippen LogP contribution is 2.24. The van der Waals surface area contributed by atoms with E-state index in [1.165, 1.54) is 23.5 Å². The van der Waals surface area contributed by atoms with Gasteiger partial charge < -0.3 is 0 Å². The fraction of sp³-hybridized carbons (Fsp3) is 0.0588. The number of hydrazone groups is 1. The maximum atomic E-state index is 13.9. The van der Waals surface area contributed by atoms with Gasteiger partial charge in [-0.25, -0.2) is 13.8 Å². The number of rotatable bonds is 4. The monoisotopic (exact) mass is 329 g/mol. The quantitative estimate of drug-likeness (QED) is 0.549. The summed E-state index contributed by atoms with van der Waals surface area (Å²) in [5.41, 5.74) is 5.59. The molecule has 6 heteroatoms. The molecular formula is C17H13F2N3S. The van der Waals surface area contributed by atoms with Gasteiger partial charge in [-0.1, -0.05) is 18.2 Å². The van der Waals surface area contributed by atoms with Crippen molar-refractivity contribution in [2.45, 2.75) is 6.92 Å². The van der Waals surface area contributed by atoms with Crippen LogP contribution in [0.4, 0.5) is 13.9 Å². The van der Waals surface area contributed by atoms with Crippen molar-refractivity contribution in [3.8, 4) is 11.1 Å². The Morgan fingerprint density at radius 3 is 2.78 bits per heavy atom. The average Bonchev–Trinajstić information content (AvgIpc) is 2.93. The molecule has 0 saturated carbocycles. The summed E-state index contributed by atoms with van der Waals surface area (Å²) in [6.45, 7) is 1.91. The van der Waals surface area contributed by atoms with Crippen molar-refractivity contribution in [3.05, 3.63) is 70.7 Å². The van der Waals surface area contributed by atoms with E-state index in [-0.39, 0.29) is 0 Å². The Morgan fingerprint density at radius 2 is 2.04 bits per heavy atom. The molecule has 0 unspecified atom stereocenters. The lowest BCUT2D eigenvalue weighted by Crippen LogP contribution is -1.91. The van der Waals surface area contributed by atoms with Gasteiger partial charge in [0.05, 0.1) is 11.9 Å². The zero-order valence-electron chi connectivity index (χ0n) is 12.3. The molecular weight excluding hydrogens is 316 g/mol. The summed E-state index contributed by atoms with van der Waals surface area (Å²) in [5, 5.41) is 6.75. The van der Waals surface area contributed by atoms with E-state index in [9.17, 15) is 8.78 Å². The molecule has 0 fully saturated rings. The van der Waals surface area contributed by atoms with Crippen LogP contribution in [0.5, 0.6) is 0 Å². The Balaban J connectivity index is 1.79. The maximum Gasteiger partial charge on any atom is 0.203 e. The van der Waals surface area contributed by atoms with Crippen LogP contribution in [-0.4, -0.2) is 11.2 Å². The highest BCUT2D eigenvalue weighted by atomic mass is 32.1. The summed E-state index contributed by atoms with van der Waals surface area (Å²) < 4.78 is 26.8. The second-order valence-corrected chi connectivity index (χ2v) is 5.77. The minimum Gasteiger partial charge on any atom is -0.253 e. The first-order chi connectivity index (χ1) is 11.1. The molecule has 3 nitrogen and oxygen atoms in total. The smallest absolute Gasteiger partial charge is 0.203 e. The minimum absolute atomic E-state index is 0.352. The van der Waals surface area contributed by atoms with Crippen molar-refractivity contribution >= 4 is 22.7 Å². The predicted octanol–water partition coefficient (Wildman–Crippen LogP) is 4.84. The lowest BCUT2D eigenvalue weighted by atomic mass is 10.0. The summed E-state index contributed by atoms with van der Waals surface area (Å²) in [4.78, 5) is 4.24. The predicted molar refractivity (Wildman–Crippen MR) is 89.9 cm³/mol. The number of nitrogens with zero attached hydrogens (tertiary/aromatic N) is 2. The first kappa shape index (κ1) is 15.3. The molecule has 116 valence electrons. The zero-order valence-corrected chi connectivity index (χ0v) is 13.1. The number of hydrogen-bond donors (Lipinski definition) is 1. The fourth-order valence-corrected chi connectivity index (χ4v) is 2.71. The van der Waals surface area contributed by atoms with Crippen LogP contribution in [0.3, 0.4) is 0 Å². The van der Waals surface area contributed by atoms with Crippen molar-refractivity contribution in [2.24, 2.45) is 5.10 Å². The van der Waals surface area contributed by atoms with Crippen molar-refractivity contribution < 1.29 is 8.78 Å². The average molecular weight is 329 g/mol. The molecule has 0 aliphatic rings. The second kappa shape index (κ2) is 6.66. The molecule has 0 aliphatic heterocycles. The van der Waals surface area contributed by atoms with Crippen LogP contribution in [-0.2, 0) is 0 Å². The molecule has 0 atom stereocenters. The molecule has 0 bridgehead atoms. The second-order valence-electron chi connectivity index (χ2n) is 4.91. The Hall–Kier alpha value is -2.60. The topological polar surface area (TPSA) is 37.3 Å². The lowest BCUT2D eigenvalue weighted by molar-refractivity contribution is 0.585. The molecule has 1 N–H and O–H groups in total. The molecule has 3 rings (SSSR count). The van der Waals surface area contributed by atoms with Crippen molar-refractivity contribution in [2.75, 3.05) is 5.43 Å². The number of aryl methyl sites for hydroxylation is 1. The third-order valence-electron chi connectivity index (χ3n) is 3.12. The number of thiazole rings is 1. The Bertz CT molecular complexity index is 859. The first-order valence-electron chi connectivity index (χ1n) is 6.88. The van der Waals surface area contributed by atoms with Gasteiger partial charge in [-0.3, -0.25) is 5.43 Å². The van der Waals surface area contributed by atoms with Gasteiger partial charge in [-0.05, 0) is 36.2 Å². The van der Waals surface area contributed by atoms with Gasteiger partial charge in [0, 0.05) is 17.0 Å². The number of halogens is 2. The van der Waals surface area contributed by atoms with Crippen molar-refractivity contribution in [1.29, 1.82) is 0 Å². The van der Waals surface area contributed by atoms with Gasteiger partial charge in [0.15, 0.2) is 0 Å². The van der Waals surface area contributed by atoms with Crippen molar-refractivity contribution in [3.63, 3.8) is 0 Å². The van der Waals surface area contributed by atoms with Crippen molar-refractivity contribution in [1.82, 2.24) is 4.98 Å². The summed E-state index contributed by atoms with van der Waals surface area (Å²) in [6.07, 6.45) is 1.63. The van der Waals surface area contributed by atoms with E-state index in [2.05, 4.69) is 15.5 Å². The van der Waals surface area contributed by atoms with Gasteiger partial charge in [0.25, 0.3) is 0 Å². The van der Waals surface area contributed by atoms with E-state index in [0.717, 1.165) is 17.3 Å². The van der Waals surface area contributed by atoms with E-state index in [1.54, 1.807) is 24.4 Å². The third-order valence-corrected chi connectivity index (χ3v) is 3.99. The number of nitrogens with one attached hydrogen (secondary N) is 1. The van der Waals surface area contributed by atoms with Crippen LogP contribution in [0.2, 0.25) is 0 Å². The molecule has 0 radical (unpaired) electrons. The lowest BCUT2D eigenvalue weighted by Gasteiger charge is -2.04. The van der Waals surface area contributed by atoms with Crippen LogP contribution in [0.15, 0.2) is 52.9 Å². The molecule has 23 heavy (non-hydrogen) atoms. The number of hydrogen-bond acceptors (Lipinski definition) is 4. The molecule has 0 aliphatic carbocycles. The van der Waals surface area contributed by atoms with Gasteiger partial charge >= 0.3 is 0 Å². The summed E-state index contributed by atoms with van der Waals surface area (Å²) in [6, 6.07) is 10.8. The van der Waals surface area contributed by atoms with Crippen LogP contribution in [0, 0.1) is 18.6 Å². The third kappa shape index (κ3) is 3.78. The normalized spacial score (nSPS) is 11.1. The Kier molecular flexibility index (Phi) is 4.43. The van der Waals surface area contributed by atoms with Crippen LogP contribution in [0.1, 0.15) is 11.3 Å². The molecule has 1 aromatic heterocycles. The fourth-order valence-electron chi connectivity index (χ4n) is 2.08. The zero-order chi connectivity index (χ0) is 16.2. The van der Waals surface area contributed by atoms with Gasteiger partial charge in [0.2, 0.25) is 5.13 Å². The first-order valence-corrected chi connectivity index (χ1v) is 7.76. The van der Waals surface area contributed by atoms with E-state index in [0.29, 0.717) is 16.3 Å². The maximum absolute atomic E-state index is 13.9.